The molecule has 0 radical (unpaired) electrons. The minimum atomic E-state index is -0.425. The number of carbonyl (C=O) groups excluding carboxylic acids is 4. The summed E-state index contributed by atoms with van der Waals surface area (Å²) in [4.78, 5) is 72.0. The van der Waals surface area contributed by atoms with Crippen LogP contribution in [0.2, 0.25) is 0 Å². The molecule has 0 spiro atoms. The van der Waals surface area contributed by atoms with E-state index in [2.05, 4.69) is 51.0 Å². The van der Waals surface area contributed by atoms with Crippen molar-refractivity contribution in [3.05, 3.63) is 94.1 Å². The second kappa shape index (κ2) is 27.8. The summed E-state index contributed by atoms with van der Waals surface area (Å²) in [6.45, 7) is 13.3. The Balaban J connectivity index is 1.20. The van der Waals surface area contributed by atoms with E-state index >= 15 is 0 Å². The number of nitrogens with zero attached hydrogens (tertiary/aromatic N) is 6. The van der Waals surface area contributed by atoms with Gasteiger partial charge in [0.15, 0.2) is 22.8 Å². The number of pyridine rings is 4. The van der Waals surface area contributed by atoms with Gasteiger partial charge in [0.25, 0.3) is 23.6 Å². The largest absolute Gasteiger partial charge is 0.505 e. The summed E-state index contributed by atoms with van der Waals surface area (Å²) >= 11 is 0. The highest BCUT2D eigenvalue weighted by Crippen LogP contribution is 2.18. The molecule has 18 nitrogen and oxygen atoms in total. The SMILES string of the molecule is Cc1ccc(O)c(C(=O)NCCCN(CCCCCCCCN(CCCNC(=O)c2nc(C)ccc2O)CCCNC(=O)c2nc(C)ccc2O)CCCNC(=O)c2nc(C)ccc2O)n1. The summed E-state index contributed by atoms with van der Waals surface area (Å²) in [6, 6.07) is 12.4. The Morgan fingerprint density at radius 2 is 0.576 bits per heavy atom. The van der Waals surface area contributed by atoms with E-state index in [0.29, 0.717) is 74.6 Å². The first kappa shape index (κ1) is 52.2. The van der Waals surface area contributed by atoms with Crippen LogP contribution in [0.3, 0.4) is 0 Å². The van der Waals surface area contributed by atoms with Crippen LogP contribution >= 0.6 is 0 Å². The highest BCUT2D eigenvalue weighted by molar-refractivity contribution is 5.96. The van der Waals surface area contributed by atoms with E-state index in [-0.39, 0.29) is 45.8 Å². The van der Waals surface area contributed by atoms with Crippen molar-refractivity contribution in [1.29, 1.82) is 0 Å². The van der Waals surface area contributed by atoms with Crippen molar-refractivity contribution in [2.45, 2.75) is 91.9 Å². The molecule has 0 aliphatic carbocycles. The number of aryl methyl sites for hydroxylation is 4. The van der Waals surface area contributed by atoms with Crippen molar-refractivity contribution in [3.63, 3.8) is 0 Å². The third-order valence-corrected chi connectivity index (χ3v) is 10.9. The van der Waals surface area contributed by atoms with Crippen LogP contribution < -0.4 is 21.3 Å². The lowest BCUT2D eigenvalue weighted by Gasteiger charge is -2.23. The van der Waals surface area contributed by atoms with Gasteiger partial charge in [-0.15, -0.1) is 0 Å². The Morgan fingerprint density at radius 1 is 0.364 bits per heavy atom. The summed E-state index contributed by atoms with van der Waals surface area (Å²) in [5.74, 6) is -2.35. The van der Waals surface area contributed by atoms with Crippen LogP contribution in [0.4, 0.5) is 0 Å². The van der Waals surface area contributed by atoms with E-state index in [9.17, 15) is 39.6 Å². The molecule has 0 saturated heterocycles. The third-order valence-electron chi connectivity index (χ3n) is 10.9. The summed E-state index contributed by atoms with van der Waals surface area (Å²) in [6.07, 6.45) is 8.91. The van der Waals surface area contributed by atoms with Gasteiger partial charge in [-0.25, -0.2) is 19.9 Å². The van der Waals surface area contributed by atoms with Gasteiger partial charge in [-0.05, 0) is 154 Å². The average Bonchev–Trinajstić information content (AvgIpc) is 3.29. The molecule has 8 N–H and O–H groups in total. The smallest absolute Gasteiger partial charge is 0.273 e. The lowest BCUT2D eigenvalue weighted by Crippen LogP contribution is -2.34. The van der Waals surface area contributed by atoms with Gasteiger partial charge in [0.1, 0.15) is 23.0 Å². The Bertz CT molecular complexity index is 1910. The summed E-state index contributed by atoms with van der Waals surface area (Å²) in [5.41, 5.74) is 2.56. The molecule has 0 unspecified atom stereocenters. The number of carbonyl (C=O) groups is 4. The number of unbranched alkanes of at least 4 members (excludes halogenated alkanes) is 5. The first-order valence-electron chi connectivity index (χ1n) is 23.0. The number of amides is 4. The molecule has 0 aromatic carbocycles. The van der Waals surface area contributed by atoms with Crippen molar-refractivity contribution in [3.8, 4) is 23.0 Å². The first-order chi connectivity index (χ1) is 31.7. The maximum atomic E-state index is 12.7. The molecular weight excluding hydrogens is 845 g/mol. The Kier molecular flexibility index (Phi) is 22.0. The van der Waals surface area contributed by atoms with Crippen molar-refractivity contribution in [2.24, 2.45) is 0 Å². The fraction of sp³-hybridized carbons (Fsp3) is 0.500. The molecule has 4 aromatic rings. The second-order valence-corrected chi connectivity index (χ2v) is 16.5. The Hall–Kier alpha value is -6.40. The van der Waals surface area contributed by atoms with E-state index in [1.807, 2.05) is 0 Å². The minimum Gasteiger partial charge on any atom is -0.505 e. The van der Waals surface area contributed by atoms with Crippen LogP contribution in [0, 0.1) is 27.7 Å². The molecule has 66 heavy (non-hydrogen) atoms. The quantitative estimate of drug-likeness (QED) is 0.0339. The van der Waals surface area contributed by atoms with Crippen LogP contribution in [0.5, 0.6) is 23.0 Å². The number of aromatic hydroxyl groups is 4. The molecular formula is C48H68N10O8. The minimum absolute atomic E-state index is 0.00427. The summed E-state index contributed by atoms with van der Waals surface area (Å²) in [7, 11) is 0. The van der Waals surface area contributed by atoms with E-state index in [1.54, 1.807) is 52.0 Å². The molecule has 4 heterocycles. The lowest BCUT2D eigenvalue weighted by molar-refractivity contribution is 0.0932. The first-order valence-corrected chi connectivity index (χ1v) is 23.0. The average molecular weight is 913 g/mol. The molecule has 18 heteroatoms. The van der Waals surface area contributed by atoms with Gasteiger partial charge in [-0.2, -0.15) is 0 Å². The molecule has 4 rings (SSSR count). The van der Waals surface area contributed by atoms with Crippen LogP contribution in [-0.4, -0.2) is 139 Å². The van der Waals surface area contributed by atoms with E-state index in [1.165, 1.54) is 24.3 Å². The van der Waals surface area contributed by atoms with Crippen LogP contribution in [0.25, 0.3) is 0 Å². The van der Waals surface area contributed by atoms with Gasteiger partial charge < -0.3 is 51.5 Å². The highest BCUT2D eigenvalue weighted by atomic mass is 16.3. The number of nitrogens with one attached hydrogen (secondary N) is 4. The van der Waals surface area contributed by atoms with Crippen LogP contribution in [-0.2, 0) is 0 Å². The molecule has 0 bridgehead atoms. The third kappa shape index (κ3) is 18.2. The molecule has 0 saturated carbocycles. The van der Waals surface area contributed by atoms with E-state index in [4.69, 9.17) is 0 Å². The molecule has 358 valence electrons. The zero-order valence-electron chi connectivity index (χ0n) is 38.9. The summed E-state index contributed by atoms with van der Waals surface area (Å²) in [5, 5.41) is 51.8. The monoisotopic (exact) mass is 913 g/mol. The second-order valence-electron chi connectivity index (χ2n) is 16.5. The Morgan fingerprint density at radius 3 is 0.818 bits per heavy atom. The topological polar surface area (TPSA) is 255 Å². The molecule has 0 aliphatic heterocycles. The maximum absolute atomic E-state index is 12.7. The van der Waals surface area contributed by atoms with Crippen LogP contribution in [0.1, 0.15) is 129 Å². The predicted molar refractivity (Wildman–Crippen MR) is 251 cm³/mol. The molecule has 4 amide bonds. The molecule has 0 fully saturated rings. The maximum Gasteiger partial charge on any atom is 0.273 e. The zero-order chi connectivity index (χ0) is 47.8. The van der Waals surface area contributed by atoms with Gasteiger partial charge >= 0.3 is 0 Å². The molecule has 0 aliphatic rings. The lowest BCUT2D eigenvalue weighted by atomic mass is 10.1. The van der Waals surface area contributed by atoms with Crippen molar-refractivity contribution in [2.75, 3.05) is 65.4 Å². The number of aromatic nitrogens is 4. The van der Waals surface area contributed by atoms with Crippen LogP contribution in [0.15, 0.2) is 48.5 Å². The van der Waals surface area contributed by atoms with E-state index < -0.39 is 23.6 Å². The van der Waals surface area contributed by atoms with Gasteiger partial charge in [0.2, 0.25) is 0 Å². The number of rotatable bonds is 29. The van der Waals surface area contributed by atoms with Crippen molar-refractivity contribution >= 4 is 23.6 Å². The zero-order valence-corrected chi connectivity index (χ0v) is 38.9. The number of hydrogen-bond donors (Lipinski definition) is 8. The fourth-order valence-electron chi connectivity index (χ4n) is 7.27. The van der Waals surface area contributed by atoms with E-state index in [0.717, 1.165) is 77.8 Å². The van der Waals surface area contributed by atoms with Gasteiger partial charge in [-0.1, -0.05) is 25.7 Å². The van der Waals surface area contributed by atoms with Gasteiger partial charge in [-0.3, -0.25) is 19.2 Å². The number of hydrogen-bond acceptors (Lipinski definition) is 14. The van der Waals surface area contributed by atoms with Gasteiger partial charge in [0.05, 0.1) is 0 Å². The normalized spacial score (nSPS) is 11.2. The van der Waals surface area contributed by atoms with Crippen molar-refractivity contribution < 1.29 is 39.6 Å². The van der Waals surface area contributed by atoms with Gasteiger partial charge in [0, 0.05) is 49.0 Å². The standard InChI is InChI=1S/C48H68N10O8/c1-33-15-19-37(59)41(53-33)45(63)49-23-11-29-57(30-12-24-50-46(64)42-38(60)20-16-34(2)54-42)27-9-7-5-6-8-10-28-58(31-13-25-51-47(65)43-39(61)21-17-35(3)55-43)32-14-26-52-48(66)44-40(62)22-18-36(4)56-44/h15-22,59-62H,5-14,23-32H2,1-4H3,(H,49,63)(H,50,64)(H,51,65)(H,52,66). The fourth-order valence-corrected chi connectivity index (χ4v) is 7.27. The molecule has 4 aromatic heterocycles. The predicted octanol–water partition coefficient (Wildman–Crippen LogP) is 4.85. The summed E-state index contributed by atoms with van der Waals surface area (Å²) < 4.78 is 0. The highest BCUT2D eigenvalue weighted by Gasteiger charge is 2.17. The Labute approximate surface area is 387 Å². The van der Waals surface area contributed by atoms with Crippen molar-refractivity contribution in [1.82, 2.24) is 51.0 Å². The molecule has 0 atom stereocenters.